The third kappa shape index (κ3) is 6.23. The first kappa shape index (κ1) is 25.9. The van der Waals surface area contributed by atoms with Crippen LogP contribution in [0, 0.1) is 0 Å². The van der Waals surface area contributed by atoms with Crippen molar-refractivity contribution >= 4 is 34.5 Å². The van der Waals surface area contributed by atoms with E-state index in [1.807, 2.05) is 13.0 Å². The topological polar surface area (TPSA) is 74.3 Å². The summed E-state index contributed by atoms with van der Waals surface area (Å²) in [5.41, 5.74) is 11.5. The summed E-state index contributed by atoms with van der Waals surface area (Å²) in [6, 6.07) is 14.9. The highest BCUT2D eigenvalue weighted by atomic mass is 32.2. The molecule has 6 heteroatoms. The van der Waals surface area contributed by atoms with E-state index < -0.39 is 0 Å². The van der Waals surface area contributed by atoms with Gasteiger partial charge in [0.05, 0.1) is 13.0 Å². The van der Waals surface area contributed by atoms with Gasteiger partial charge in [0.2, 0.25) is 5.91 Å². The van der Waals surface area contributed by atoms with E-state index in [9.17, 15) is 9.59 Å². The summed E-state index contributed by atoms with van der Waals surface area (Å²) >= 11 is 1.77. The van der Waals surface area contributed by atoms with Gasteiger partial charge < -0.3 is 15.0 Å². The predicted molar refractivity (Wildman–Crippen MR) is 140 cm³/mol. The zero-order valence-corrected chi connectivity index (χ0v) is 21.5. The van der Waals surface area contributed by atoms with Gasteiger partial charge in [0, 0.05) is 34.5 Å². The Balaban J connectivity index is 2.04. The molecule has 2 N–H and O–H groups in total. The minimum atomic E-state index is -0.315. The van der Waals surface area contributed by atoms with Gasteiger partial charge in [-0.15, -0.1) is 11.8 Å². The standard InChI is InChI=1S/C28H36N2O3S/c1-5-24-23(17-27(29)31)22-16-26(34-14-10-13-28(32)33-6-2)21(19(3)4)15-25(22)30(24)18-20-11-8-7-9-12-20/h7-9,11-12,15-16,19H,5-6,10,13-14,17-18H2,1-4H3,(H2,29,31). The van der Waals surface area contributed by atoms with E-state index in [1.165, 1.54) is 16.0 Å². The molecule has 0 aliphatic heterocycles. The number of fused-ring (bicyclic) bond motifs is 1. The lowest BCUT2D eigenvalue weighted by Crippen LogP contribution is -2.15. The van der Waals surface area contributed by atoms with Crippen LogP contribution in [0.5, 0.6) is 0 Å². The van der Waals surface area contributed by atoms with Gasteiger partial charge in [-0.3, -0.25) is 9.59 Å². The molecular weight excluding hydrogens is 444 g/mol. The predicted octanol–water partition coefficient (Wildman–Crippen LogP) is 5.84. The Morgan fingerprint density at radius 1 is 1.12 bits per heavy atom. The maximum atomic E-state index is 12.0. The van der Waals surface area contributed by atoms with Crippen LogP contribution in [-0.2, 0) is 33.7 Å². The summed E-state index contributed by atoms with van der Waals surface area (Å²) in [7, 11) is 0. The van der Waals surface area contributed by atoms with E-state index in [4.69, 9.17) is 10.5 Å². The number of ether oxygens (including phenoxy) is 1. The van der Waals surface area contributed by atoms with Gasteiger partial charge in [0.25, 0.3) is 0 Å². The van der Waals surface area contributed by atoms with Crippen molar-refractivity contribution in [2.75, 3.05) is 12.4 Å². The fourth-order valence-corrected chi connectivity index (χ4v) is 5.61. The van der Waals surface area contributed by atoms with Gasteiger partial charge in [-0.2, -0.15) is 0 Å². The number of nitrogens with two attached hydrogens (primary N) is 1. The second-order valence-corrected chi connectivity index (χ2v) is 9.95. The largest absolute Gasteiger partial charge is 0.466 e. The van der Waals surface area contributed by atoms with Gasteiger partial charge in [-0.1, -0.05) is 51.1 Å². The van der Waals surface area contributed by atoms with Crippen LogP contribution < -0.4 is 5.73 Å². The van der Waals surface area contributed by atoms with Crippen molar-refractivity contribution < 1.29 is 14.3 Å². The summed E-state index contributed by atoms with van der Waals surface area (Å²) in [6.45, 7) is 9.55. The number of primary amides is 1. The van der Waals surface area contributed by atoms with E-state index in [2.05, 4.69) is 61.7 Å². The van der Waals surface area contributed by atoms with Crippen LogP contribution in [0.4, 0.5) is 0 Å². The Labute approximate surface area is 207 Å². The van der Waals surface area contributed by atoms with Crippen molar-refractivity contribution in [3.63, 3.8) is 0 Å². The SMILES string of the molecule is CCOC(=O)CCCSc1cc2c(CC(N)=O)c(CC)n(Cc3ccccc3)c2cc1C(C)C. The summed E-state index contributed by atoms with van der Waals surface area (Å²) in [6.07, 6.45) is 2.25. The van der Waals surface area contributed by atoms with Gasteiger partial charge in [-0.25, -0.2) is 0 Å². The zero-order valence-electron chi connectivity index (χ0n) is 20.7. The number of amides is 1. The van der Waals surface area contributed by atoms with Crippen molar-refractivity contribution in [2.45, 2.75) is 70.7 Å². The highest BCUT2D eigenvalue weighted by Crippen LogP contribution is 2.37. The quantitative estimate of drug-likeness (QED) is 0.201. The average Bonchev–Trinajstić information content (AvgIpc) is 3.07. The molecule has 182 valence electrons. The van der Waals surface area contributed by atoms with Crippen LogP contribution in [-0.4, -0.2) is 28.8 Å². The van der Waals surface area contributed by atoms with Crippen molar-refractivity contribution in [3.8, 4) is 0 Å². The van der Waals surface area contributed by atoms with Crippen molar-refractivity contribution in [1.82, 2.24) is 4.57 Å². The van der Waals surface area contributed by atoms with E-state index in [1.54, 1.807) is 11.8 Å². The molecular formula is C28H36N2O3S. The maximum absolute atomic E-state index is 12.0. The number of rotatable bonds is 12. The molecule has 1 amide bonds. The maximum Gasteiger partial charge on any atom is 0.305 e. The molecule has 0 fully saturated rings. The lowest BCUT2D eigenvalue weighted by molar-refractivity contribution is -0.143. The minimum Gasteiger partial charge on any atom is -0.466 e. The number of hydrogen-bond acceptors (Lipinski definition) is 4. The number of aromatic nitrogens is 1. The number of nitrogens with zero attached hydrogens (tertiary/aromatic N) is 1. The van der Waals surface area contributed by atoms with Crippen molar-refractivity contribution in [1.29, 1.82) is 0 Å². The Kier molecular flexibility index (Phi) is 9.22. The molecule has 3 aromatic rings. The molecule has 0 saturated heterocycles. The Morgan fingerprint density at radius 3 is 2.47 bits per heavy atom. The van der Waals surface area contributed by atoms with Crippen LogP contribution in [0.1, 0.15) is 68.8 Å². The number of benzene rings is 2. The molecule has 0 atom stereocenters. The molecule has 0 unspecified atom stereocenters. The number of carbonyl (C=O) groups excluding carboxylic acids is 2. The third-order valence-electron chi connectivity index (χ3n) is 6.00. The minimum absolute atomic E-state index is 0.142. The van der Waals surface area contributed by atoms with E-state index in [0.717, 1.165) is 47.3 Å². The molecule has 1 heterocycles. The lowest BCUT2D eigenvalue weighted by atomic mass is 9.99. The molecule has 34 heavy (non-hydrogen) atoms. The number of esters is 1. The first-order valence-corrected chi connectivity index (χ1v) is 13.1. The van der Waals surface area contributed by atoms with E-state index in [0.29, 0.717) is 18.9 Å². The highest BCUT2D eigenvalue weighted by molar-refractivity contribution is 7.99. The Morgan fingerprint density at radius 2 is 1.85 bits per heavy atom. The molecule has 3 rings (SSSR count). The summed E-state index contributed by atoms with van der Waals surface area (Å²) < 4.78 is 7.40. The Bertz CT molecular complexity index is 1140. The fraction of sp³-hybridized carbons (Fsp3) is 0.429. The van der Waals surface area contributed by atoms with Gasteiger partial charge in [0.1, 0.15) is 0 Å². The van der Waals surface area contributed by atoms with Crippen molar-refractivity contribution in [2.24, 2.45) is 5.73 Å². The molecule has 1 aromatic heterocycles. The lowest BCUT2D eigenvalue weighted by Gasteiger charge is -2.15. The average molecular weight is 481 g/mol. The number of hydrogen-bond donors (Lipinski definition) is 1. The molecule has 0 saturated carbocycles. The van der Waals surface area contributed by atoms with Gasteiger partial charge in [0.15, 0.2) is 0 Å². The first-order valence-electron chi connectivity index (χ1n) is 12.1. The first-order chi connectivity index (χ1) is 16.3. The number of thioether (sulfide) groups is 1. The van der Waals surface area contributed by atoms with Crippen LogP contribution in [0.3, 0.4) is 0 Å². The van der Waals surface area contributed by atoms with Crippen LogP contribution >= 0.6 is 11.8 Å². The highest BCUT2D eigenvalue weighted by Gasteiger charge is 2.21. The number of carbonyl (C=O) groups is 2. The third-order valence-corrected chi connectivity index (χ3v) is 7.16. The zero-order chi connectivity index (χ0) is 24.7. The van der Waals surface area contributed by atoms with Crippen LogP contribution in [0.2, 0.25) is 0 Å². The molecule has 0 aliphatic carbocycles. The van der Waals surface area contributed by atoms with Gasteiger partial charge >= 0.3 is 5.97 Å². The second kappa shape index (κ2) is 12.1. The monoisotopic (exact) mass is 480 g/mol. The van der Waals surface area contributed by atoms with Crippen LogP contribution in [0.25, 0.3) is 10.9 Å². The second-order valence-electron chi connectivity index (χ2n) is 8.81. The molecule has 0 aliphatic rings. The Hall–Kier alpha value is -2.73. The normalized spacial score (nSPS) is 11.3. The molecule has 5 nitrogen and oxygen atoms in total. The van der Waals surface area contributed by atoms with E-state index in [-0.39, 0.29) is 18.3 Å². The summed E-state index contributed by atoms with van der Waals surface area (Å²) in [5, 5.41) is 1.10. The van der Waals surface area contributed by atoms with Gasteiger partial charge in [-0.05, 0) is 60.3 Å². The smallest absolute Gasteiger partial charge is 0.305 e. The van der Waals surface area contributed by atoms with E-state index >= 15 is 0 Å². The fourth-order valence-electron chi connectivity index (χ4n) is 4.44. The molecule has 0 bridgehead atoms. The molecule has 0 spiro atoms. The van der Waals surface area contributed by atoms with Crippen LogP contribution in [0.15, 0.2) is 47.4 Å². The van der Waals surface area contributed by atoms with Crippen molar-refractivity contribution in [3.05, 3.63) is 64.8 Å². The summed E-state index contributed by atoms with van der Waals surface area (Å²) in [5.74, 6) is 0.726. The summed E-state index contributed by atoms with van der Waals surface area (Å²) in [4.78, 5) is 24.9. The molecule has 0 radical (unpaired) electrons. The molecule has 2 aromatic carbocycles.